The molecule has 2 heterocycles. The molecule has 0 spiro atoms. The highest BCUT2D eigenvalue weighted by molar-refractivity contribution is 6.32. The van der Waals surface area contributed by atoms with Gasteiger partial charge in [0.1, 0.15) is 22.8 Å². The smallest absolute Gasteiger partial charge is 0.155 e. The highest BCUT2D eigenvalue weighted by atomic mass is 35.5. The highest BCUT2D eigenvalue weighted by Gasteiger charge is 2.18. The van der Waals surface area contributed by atoms with Crippen molar-refractivity contribution >= 4 is 17.9 Å². The molecule has 0 atom stereocenters. The van der Waals surface area contributed by atoms with E-state index in [4.69, 9.17) is 16.1 Å². The Morgan fingerprint density at radius 3 is 3.00 bits per heavy atom. The number of carbonyl (C=O) groups excluding carboxylic acids is 1. The second kappa shape index (κ2) is 3.86. The molecule has 2 rings (SSSR count). The van der Waals surface area contributed by atoms with Gasteiger partial charge in [-0.1, -0.05) is 16.8 Å². The van der Waals surface area contributed by atoms with Crippen LogP contribution in [-0.4, -0.2) is 21.2 Å². The van der Waals surface area contributed by atoms with Crippen LogP contribution in [0.2, 0.25) is 5.15 Å². The van der Waals surface area contributed by atoms with Gasteiger partial charge in [-0.2, -0.15) is 5.10 Å². The Morgan fingerprint density at radius 2 is 2.47 bits per heavy atom. The minimum atomic E-state index is 0.325. The SMILES string of the molecule is CCn1nc(-c2ccon2)c(C=O)c1Cl. The number of hydrogen-bond donors (Lipinski definition) is 0. The minimum Gasteiger partial charge on any atom is -0.364 e. The maximum absolute atomic E-state index is 10.9. The van der Waals surface area contributed by atoms with E-state index in [1.54, 1.807) is 6.07 Å². The number of halogens is 1. The maximum atomic E-state index is 10.9. The summed E-state index contributed by atoms with van der Waals surface area (Å²) in [4.78, 5) is 10.9. The second-order valence-corrected chi connectivity index (χ2v) is 3.23. The molecule has 15 heavy (non-hydrogen) atoms. The molecular weight excluding hydrogens is 218 g/mol. The first-order valence-electron chi connectivity index (χ1n) is 4.40. The quantitative estimate of drug-likeness (QED) is 0.750. The third kappa shape index (κ3) is 1.55. The summed E-state index contributed by atoms with van der Waals surface area (Å²) < 4.78 is 6.23. The average molecular weight is 226 g/mol. The topological polar surface area (TPSA) is 60.9 Å². The molecule has 2 aromatic heterocycles. The molecule has 0 fully saturated rings. The minimum absolute atomic E-state index is 0.325. The molecular formula is C9H8ClN3O2. The summed E-state index contributed by atoms with van der Waals surface area (Å²) >= 11 is 5.96. The van der Waals surface area contributed by atoms with Gasteiger partial charge in [0, 0.05) is 12.6 Å². The van der Waals surface area contributed by atoms with Gasteiger partial charge in [0.2, 0.25) is 0 Å². The Kier molecular flexibility index (Phi) is 2.55. The standard InChI is InChI=1S/C9H8ClN3O2/c1-2-13-9(10)6(5-14)8(11-13)7-3-4-15-12-7/h3-5H,2H2,1H3. The van der Waals surface area contributed by atoms with Crippen LogP contribution in [-0.2, 0) is 6.54 Å². The van der Waals surface area contributed by atoms with Crippen LogP contribution in [0.3, 0.4) is 0 Å². The first-order valence-corrected chi connectivity index (χ1v) is 4.78. The summed E-state index contributed by atoms with van der Waals surface area (Å²) in [7, 11) is 0. The summed E-state index contributed by atoms with van der Waals surface area (Å²) in [6, 6.07) is 1.63. The van der Waals surface area contributed by atoms with E-state index >= 15 is 0 Å². The monoisotopic (exact) mass is 225 g/mol. The van der Waals surface area contributed by atoms with Crippen LogP contribution >= 0.6 is 11.6 Å². The van der Waals surface area contributed by atoms with Gasteiger partial charge in [0.05, 0.1) is 5.56 Å². The van der Waals surface area contributed by atoms with Crippen molar-refractivity contribution < 1.29 is 9.32 Å². The first kappa shape index (κ1) is 9.92. The van der Waals surface area contributed by atoms with E-state index in [0.29, 0.717) is 34.9 Å². The van der Waals surface area contributed by atoms with Gasteiger partial charge in [-0.05, 0) is 6.92 Å². The van der Waals surface area contributed by atoms with Crippen molar-refractivity contribution in [2.45, 2.75) is 13.5 Å². The van der Waals surface area contributed by atoms with E-state index in [-0.39, 0.29) is 0 Å². The molecule has 2 aromatic rings. The lowest BCUT2D eigenvalue weighted by atomic mass is 10.2. The van der Waals surface area contributed by atoms with E-state index in [1.165, 1.54) is 10.9 Å². The molecule has 0 amide bonds. The zero-order valence-corrected chi connectivity index (χ0v) is 8.73. The van der Waals surface area contributed by atoms with Crippen molar-refractivity contribution in [1.29, 1.82) is 0 Å². The summed E-state index contributed by atoms with van der Waals surface area (Å²) in [5.74, 6) is 0. The lowest BCUT2D eigenvalue weighted by Crippen LogP contribution is -1.96. The summed E-state index contributed by atoms with van der Waals surface area (Å²) in [6.45, 7) is 2.48. The number of nitrogens with zero attached hydrogens (tertiary/aromatic N) is 3. The Hall–Kier alpha value is -1.62. The van der Waals surface area contributed by atoms with E-state index in [1.807, 2.05) is 6.92 Å². The summed E-state index contributed by atoms with van der Waals surface area (Å²) in [5.41, 5.74) is 1.30. The lowest BCUT2D eigenvalue weighted by molar-refractivity contribution is 0.112. The van der Waals surface area contributed by atoms with Gasteiger partial charge in [0.25, 0.3) is 0 Å². The zero-order valence-electron chi connectivity index (χ0n) is 7.98. The second-order valence-electron chi connectivity index (χ2n) is 2.87. The van der Waals surface area contributed by atoms with Crippen LogP contribution in [0.4, 0.5) is 0 Å². The van der Waals surface area contributed by atoms with Crippen molar-refractivity contribution in [3.63, 3.8) is 0 Å². The van der Waals surface area contributed by atoms with Gasteiger partial charge in [-0.25, -0.2) is 0 Å². The molecule has 0 saturated carbocycles. The van der Waals surface area contributed by atoms with Crippen molar-refractivity contribution in [3.8, 4) is 11.4 Å². The Balaban J connectivity index is 2.61. The Labute approximate surface area is 90.6 Å². The predicted molar refractivity (Wildman–Crippen MR) is 53.8 cm³/mol. The van der Waals surface area contributed by atoms with Crippen LogP contribution in [0, 0.1) is 0 Å². The van der Waals surface area contributed by atoms with Crippen molar-refractivity contribution in [2.75, 3.05) is 0 Å². The third-order valence-electron chi connectivity index (χ3n) is 2.02. The molecule has 0 N–H and O–H groups in total. The molecule has 0 aromatic carbocycles. The van der Waals surface area contributed by atoms with E-state index in [0.717, 1.165) is 0 Å². The van der Waals surface area contributed by atoms with Gasteiger partial charge in [-0.15, -0.1) is 0 Å². The van der Waals surface area contributed by atoms with E-state index in [2.05, 4.69) is 10.3 Å². The van der Waals surface area contributed by atoms with Gasteiger partial charge < -0.3 is 4.52 Å². The third-order valence-corrected chi connectivity index (χ3v) is 2.42. The molecule has 0 aliphatic heterocycles. The van der Waals surface area contributed by atoms with Crippen molar-refractivity contribution in [2.24, 2.45) is 0 Å². The molecule has 0 radical (unpaired) electrons. The van der Waals surface area contributed by atoms with E-state index in [9.17, 15) is 4.79 Å². The fraction of sp³-hybridized carbons (Fsp3) is 0.222. The summed E-state index contributed by atoms with van der Waals surface area (Å²) in [6.07, 6.45) is 2.09. The van der Waals surface area contributed by atoms with Crippen molar-refractivity contribution in [3.05, 3.63) is 23.0 Å². The number of aldehydes is 1. The molecule has 78 valence electrons. The van der Waals surface area contributed by atoms with Gasteiger partial charge in [-0.3, -0.25) is 9.48 Å². The van der Waals surface area contributed by atoms with Crippen LogP contribution in [0.1, 0.15) is 17.3 Å². The number of aryl methyl sites for hydroxylation is 1. The average Bonchev–Trinajstić information content (AvgIpc) is 2.84. The molecule has 0 aliphatic rings. The van der Waals surface area contributed by atoms with E-state index < -0.39 is 0 Å². The molecule has 6 heteroatoms. The lowest BCUT2D eigenvalue weighted by Gasteiger charge is -1.94. The molecule has 0 unspecified atom stereocenters. The highest BCUT2D eigenvalue weighted by Crippen LogP contribution is 2.25. The predicted octanol–water partition coefficient (Wildman–Crippen LogP) is 2.02. The number of hydrogen-bond acceptors (Lipinski definition) is 4. The Morgan fingerprint density at radius 1 is 1.67 bits per heavy atom. The maximum Gasteiger partial charge on any atom is 0.155 e. The molecule has 0 aliphatic carbocycles. The number of aromatic nitrogens is 3. The van der Waals surface area contributed by atoms with Gasteiger partial charge in [0.15, 0.2) is 6.29 Å². The van der Waals surface area contributed by atoms with Crippen LogP contribution in [0.5, 0.6) is 0 Å². The van der Waals surface area contributed by atoms with Crippen LogP contribution in [0.25, 0.3) is 11.4 Å². The largest absolute Gasteiger partial charge is 0.364 e. The Bertz CT molecular complexity index is 476. The van der Waals surface area contributed by atoms with Crippen molar-refractivity contribution in [1.82, 2.24) is 14.9 Å². The zero-order chi connectivity index (χ0) is 10.8. The van der Waals surface area contributed by atoms with Crippen LogP contribution < -0.4 is 0 Å². The number of rotatable bonds is 3. The fourth-order valence-corrected chi connectivity index (χ4v) is 1.58. The van der Waals surface area contributed by atoms with Gasteiger partial charge >= 0.3 is 0 Å². The first-order chi connectivity index (χ1) is 7.27. The molecule has 0 bridgehead atoms. The molecule has 5 nitrogen and oxygen atoms in total. The summed E-state index contributed by atoms with van der Waals surface area (Å²) in [5, 5.41) is 8.21. The normalized spacial score (nSPS) is 10.5. The number of carbonyl (C=O) groups is 1. The molecule has 0 saturated heterocycles. The van der Waals surface area contributed by atoms with Crippen LogP contribution in [0.15, 0.2) is 16.9 Å². The fourth-order valence-electron chi connectivity index (χ4n) is 1.29.